The lowest BCUT2D eigenvalue weighted by atomic mass is 9.75. The van der Waals surface area contributed by atoms with Gasteiger partial charge in [0.05, 0.1) is 23.3 Å². The van der Waals surface area contributed by atoms with Gasteiger partial charge in [-0.2, -0.15) is 5.10 Å². The number of aromatic amines is 1. The summed E-state index contributed by atoms with van der Waals surface area (Å²) in [6, 6.07) is 19.7. The third-order valence-electron chi connectivity index (χ3n) is 7.28. The average Bonchev–Trinajstić information content (AvgIpc) is 3.56. The Labute approximate surface area is 211 Å². The smallest absolute Gasteiger partial charge is 0.241 e. The van der Waals surface area contributed by atoms with E-state index in [9.17, 15) is 14.4 Å². The first-order valence-corrected chi connectivity index (χ1v) is 12.7. The lowest BCUT2D eigenvalue weighted by molar-refractivity contribution is -0.143. The number of hydrogen-bond donors (Lipinski definition) is 1. The van der Waals surface area contributed by atoms with Crippen molar-refractivity contribution in [2.45, 2.75) is 63.5 Å². The third kappa shape index (κ3) is 4.57. The summed E-state index contributed by atoms with van der Waals surface area (Å²) in [6.45, 7) is 2.47. The number of hydrogen-bond acceptors (Lipinski definition) is 4. The van der Waals surface area contributed by atoms with Crippen LogP contribution in [0.1, 0.15) is 56.0 Å². The second-order valence-electron chi connectivity index (χ2n) is 10.1. The molecule has 7 nitrogen and oxygen atoms in total. The predicted octanol–water partition coefficient (Wildman–Crippen LogP) is 4.24. The molecule has 1 aliphatic heterocycles. The first-order valence-electron chi connectivity index (χ1n) is 12.7. The van der Waals surface area contributed by atoms with Crippen LogP contribution in [0.3, 0.4) is 0 Å². The fourth-order valence-corrected chi connectivity index (χ4v) is 5.15. The van der Waals surface area contributed by atoms with Crippen LogP contribution in [-0.2, 0) is 32.8 Å². The molecule has 1 atom stereocenters. The summed E-state index contributed by atoms with van der Waals surface area (Å²) in [5, 5.41) is 7.31. The summed E-state index contributed by atoms with van der Waals surface area (Å²) in [5.41, 5.74) is 3.46. The third-order valence-corrected chi connectivity index (χ3v) is 7.28. The molecule has 1 N–H and O–H groups in total. The van der Waals surface area contributed by atoms with Gasteiger partial charge in [-0.05, 0) is 42.0 Å². The molecule has 3 amide bonds. The summed E-state index contributed by atoms with van der Waals surface area (Å²) in [6.07, 6.45) is 3.54. The van der Waals surface area contributed by atoms with Gasteiger partial charge in [0.2, 0.25) is 17.7 Å². The van der Waals surface area contributed by atoms with E-state index in [1.807, 2.05) is 60.7 Å². The van der Waals surface area contributed by atoms with Gasteiger partial charge in [0.15, 0.2) is 0 Å². The number of imide groups is 1. The highest BCUT2D eigenvalue weighted by Crippen LogP contribution is 2.44. The summed E-state index contributed by atoms with van der Waals surface area (Å²) >= 11 is 0. The maximum absolute atomic E-state index is 13.8. The molecule has 1 saturated heterocycles. The lowest BCUT2D eigenvalue weighted by Crippen LogP contribution is -2.43. The fourth-order valence-electron chi connectivity index (χ4n) is 5.15. The van der Waals surface area contributed by atoms with Gasteiger partial charge in [-0.15, -0.1) is 0 Å². The predicted molar refractivity (Wildman–Crippen MR) is 137 cm³/mol. The van der Waals surface area contributed by atoms with Crippen molar-refractivity contribution in [3.05, 3.63) is 77.6 Å². The molecule has 3 aromatic rings. The number of benzene rings is 2. The van der Waals surface area contributed by atoms with Gasteiger partial charge in [-0.25, -0.2) is 0 Å². The van der Waals surface area contributed by atoms with Crippen molar-refractivity contribution < 1.29 is 14.4 Å². The Hall–Kier alpha value is -3.74. The molecule has 1 aromatic heterocycles. The summed E-state index contributed by atoms with van der Waals surface area (Å²) < 4.78 is 0. The normalized spacial score (nSPS) is 19.7. The number of aromatic nitrogens is 2. The van der Waals surface area contributed by atoms with E-state index in [-0.39, 0.29) is 36.6 Å². The number of rotatable bonds is 9. The second kappa shape index (κ2) is 9.72. The van der Waals surface area contributed by atoms with E-state index in [0.29, 0.717) is 6.54 Å². The van der Waals surface area contributed by atoms with E-state index in [1.165, 1.54) is 4.90 Å². The van der Waals surface area contributed by atoms with Crippen LogP contribution in [-0.4, -0.2) is 50.8 Å². The van der Waals surface area contributed by atoms with Crippen LogP contribution in [0.15, 0.2) is 60.7 Å². The molecule has 0 radical (unpaired) electrons. The number of likely N-dealkylation sites (tertiary alicyclic amines) is 1. The van der Waals surface area contributed by atoms with Gasteiger partial charge in [0, 0.05) is 25.9 Å². The SMILES string of the molecule is CCCc1cc(CN(C)C(=O)C[C@]2(c3ccc(-c4ccccc4)cc3)CC(=O)N(C3CC3)C2=O)[nH]n1. The van der Waals surface area contributed by atoms with Gasteiger partial charge in [-0.1, -0.05) is 67.9 Å². The molecule has 7 heteroatoms. The van der Waals surface area contributed by atoms with Crippen molar-refractivity contribution in [1.29, 1.82) is 0 Å². The molecule has 2 heterocycles. The Morgan fingerprint density at radius 2 is 1.78 bits per heavy atom. The molecule has 0 bridgehead atoms. The summed E-state index contributed by atoms with van der Waals surface area (Å²) in [5.74, 6) is -0.591. The highest BCUT2D eigenvalue weighted by molar-refractivity contribution is 6.11. The Morgan fingerprint density at radius 3 is 2.44 bits per heavy atom. The molecule has 0 unspecified atom stereocenters. The maximum Gasteiger partial charge on any atom is 0.241 e. The highest BCUT2D eigenvalue weighted by Gasteiger charge is 2.57. The molecule has 2 aliphatic rings. The standard InChI is InChI=1S/C29H32N4O3/c1-3-7-23-16-24(31-30-23)19-32(2)26(34)17-29(18-27(35)33(28(29)36)25-14-15-25)22-12-10-21(11-13-22)20-8-5-4-6-9-20/h4-6,8-13,16,25H,3,7,14-15,17-19H2,1-2H3,(H,30,31)/t29-/m1/s1. The van der Waals surface area contributed by atoms with E-state index in [4.69, 9.17) is 0 Å². The van der Waals surface area contributed by atoms with Crippen molar-refractivity contribution in [2.24, 2.45) is 0 Å². The van der Waals surface area contributed by atoms with Crippen LogP contribution in [0.5, 0.6) is 0 Å². The Bertz CT molecular complexity index is 1260. The number of carbonyl (C=O) groups is 3. The first-order chi connectivity index (χ1) is 17.4. The van der Waals surface area contributed by atoms with E-state index in [0.717, 1.165) is 53.8 Å². The zero-order chi connectivity index (χ0) is 25.3. The first kappa shape index (κ1) is 24.0. The van der Waals surface area contributed by atoms with E-state index in [1.54, 1.807) is 11.9 Å². The van der Waals surface area contributed by atoms with Gasteiger partial charge in [-0.3, -0.25) is 24.4 Å². The van der Waals surface area contributed by atoms with Gasteiger partial charge >= 0.3 is 0 Å². The number of aryl methyl sites for hydroxylation is 1. The fraction of sp³-hybridized carbons (Fsp3) is 0.379. The molecule has 1 saturated carbocycles. The summed E-state index contributed by atoms with van der Waals surface area (Å²) in [7, 11) is 1.73. The Morgan fingerprint density at radius 1 is 1.08 bits per heavy atom. The van der Waals surface area contributed by atoms with Crippen LogP contribution >= 0.6 is 0 Å². The molecular weight excluding hydrogens is 452 g/mol. The van der Waals surface area contributed by atoms with Crippen LogP contribution in [0.4, 0.5) is 0 Å². The molecule has 2 fully saturated rings. The van der Waals surface area contributed by atoms with Gasteiger partial charge < -0.3 is 4.90 Å². The number of H-pyrrole nitrogens is 1. The Balaban J connectivity index is 1.41. The zero-order valence-corrected chi connectivity index (χ0v) is 20.9. The minimum atomic E-state index is -1.18. The monoisotopic (exact) mass is 484 g/mol. The van der Waals surface area contributed by atoms with E-state index in [2.05, 4.69) is 17.1 Å². The van der Waals surface area contributed by atoms with Crippen LogP contribution in [0.2, 0.25) is 0 Å². The van der Waals surface area contributed by atoms with Crippen molar-refractivity contribution in [2.75, 3.05) is 7.05 Å². The van der Waals surface area contributed by atoms with Crippen molar-refractivity contribution in [1.82, 2.24) is 20.0 Å². The molecule has 5 rings (SSSR count). The minimum absolute atomic E-state index is 0.0229. The number of amides is 3. The molecule has 2 aromatic carbocycles. The van der Waals surface area contributed by atoms with Crippen molar-refractivity contribution >= 4 is 17.7 Å². The molecule has 1 aliphatic carbocycles. The molecule has 0 spiro atoms. The van der Waals surface area contributed by atoms with Crippen molar-refractivity contribution in [3.63, 3.8) is 0 Å². The number of nitrogens with one attached hydrogen (secondary N) is 1. The van der Waals surface area contributed by atoms with Crippen LogP contribution in [0.25, 0.3) is 11.1 Å². The second-order valence-corrected chi connectivity index (χ2v) is 10.1. The summed E-state index contributed by atoms with van der Waals surface area (Å²) in [4.78, 5) is 43.3. The quantitative estimate of drug-likeness (QED) is 0.461. The molecular formula is C29H32N4O3. The topological polar surface area (TPSA) is 86.4 Å². The van der Waals surface area contributed by atoms with Gasteiger partial charge in [0.1, 0.15) is 0 Å². The van der Waals surface area contributed by atoms with Crippen LogP contribution < -0.4 is 0 Å². The van der Waals surface area contributed by atoms with E-state index < -0.39 is 5.41 Å². The van der Waals surface area contributed by atoms with Crippen LogP contribution in [0, 0.1) is 0 Å². The number of nitrogens with zero attached hydrogens (tertiary/aromatic N) is 3. The molecule has 36 heavy (non-hydrogen) atoms. The zero-order valence-electron chi connectivity index (χ0n) is 20.9. The minimum Gasteiger partial charge on any atom is -0.340 e. The van der Waals surface area contributed by atoms with Gasteiger partial charge in [0.25, 0.3) is 0 Å². The van der Waals surface area contributed by atoms with Crippen molar-refractivity contribution in [3.8, 4) is 11.1 Å². The Kier molecular flexibility index (Phi) is 6.48. The molecule has 186 valence electrons. The number of carbonyl (C=O) groups excluding carboxylic acids is 3. The maximum atomic E-state index is 13.8. The average molecular weight is 485 g/mol. The largest absolute Gasteiger partial charge is 0.340 e. The van der Waals surface area contributed by atoms with E-state index >= 15 is 0 Å². The highest BCUT2D eigenvalue weighted by atomic mass is 16.2. The lowest BCUT2D eigenvalue weighted by Gasteiger charge is -2.29.